The van der Waals surface area contributed by atoms with Gasteiger partial charge in [-0.15, -0.1) is 0 Å². The minimum atomic E-state index is -0.335. The number of hydrogen-bond acceptors (Lipinski definition) is 4. The van der Waals surface area contributed by atoms with E-state index in [1.165, 1.54) is 6.20 Å². The maximum absolute atomic E-state index is 11.6. The quantitative estimate of drug-likeness (QED) is 0.350. The summed E-state index contributed by atoms with van der Waals surface area (Å²) in [5, 5.41) is 14.5. The molecule has 5 nitrogen and oxygen atoms in total. The molecule has 0 unspecified atom stereocenters. The number of carbonyl (C=O) groups is 1. The normalized spacial score (nSPS) is 10.8. The second kappa shape index (κ2) is 11.9. The van der Waals surface area contributed by atoms with Gasteiger partial charge in [-0.25, -0.2) is 0 Å². The van der Waals surface area contributed by atoms with Crippen LogP contribution < -0.4 is 10.6 Å². The Morgan fingerprint density at radius 3 is 2.72 bits per heavy atom. The summed E-state index contributed by atoms with van der Waals surface area (Å²) < 4.78 is 5.15. The summed E-state index contributed by atoms with van der Waals surface area (Å²) in [5.41, 5.74) is 0.113. The molecule has 0 aromatic rings. The Hall–Kier alpha value is -1.54. The number of rotatable bonds is 10. The van der Waals surface area contributed by atoms with Crippen molar-refractivity contribution in [2.24, 2.45) is 0 Å². The number of ether oxygens (including phenoxy) is 1. The molecule has 0 aliphatic heterocycles. The standard InChI is InChI=1S/C13H23N3O2/c1-3-5-7-15-11-12(10-14)13(17)16-8-6-9-18-4-2/h11,15H,3-9H2,1-2H3,(H,16,17)/b12-11-. The van der Waals surface area contributed by atoms with Crippen LogP contribution in [-0.4, -0.2) is 32.2 Å². The van der Waals surface area contributed by atoms with Crippen molar-refractivity contribution >= 4 is 5.91 Å². The SMILES string of the molecule is CCCCN/C=C(/C#N)C(=O)NCCCOCC. The molecule has 5 heteroatoms. The van der Waals surface area contributed by atoms with Crippen molar-refractivity contribution in [2.75, 3.05) is 26.3 Å². The molecule has 0 bridgehead atoms. The molecule has 0 aliphatic carbocycles. The van der Waals surface area contributed by atoms with Crippen molar-refractivity contribution in [3.8, 4) is 6.07 Å². The lowest BCUT2D eigenvalue weighted by Crippen LogP contribution is -2.27. The molecule has 0 rings (SSSR count). The fourth-order valence-electron chi connectivity index (χ4n) is 1.22. The van der Waals surface area contributed by atoms with E-state index >= 15 is 0 Å². The van der Waals surface area contributed by atoms with Gasteiger partial charge in [0.1, 0.15) is 11.6 Å². The fourth-order valence-corrected chi connectivity index (χ4v) is 1.22. The van der Waals surface area contributed by atoms with E-state index in [2.05, 4.69) is 17.6 Å². The highest BCUT2D eigenvalue weighted by atomic mass is 16.5. The van der Waals surface area contributed by atoms with Crippen LogP contribution in [0.5, 0.6) is 0 Å². The minimum Gasteiger partial charge on any atom is -0.390 e. The van der Waals surface area contributed by atoms with Gasteiger partial charge in [0.05, 0.1) is 0 Å². The molecule has 0 aromatic heterocycles. The van der Waals surface area contributed by atoms with Gasteiger partial charge < -0.3 is 15.4 Å². The van der Waals surface area contributed by atoms with Crippen LogP contribution in [0, 0.1) is 11.3 Å². The Balaban J connectivity index is 3.85. The Morgan fingerprint density at radius 1 is 1.33 bits per heavy atom. The zero-order valence-electron chi connectivity index (χ0n) is 11.3. The number of carbonyl (C=O) groups excluding carboxylic acids is 1. The molecule has 18 heavy (non-hydrogen) atoms. The monoisotopic (exact) mass is 253 g/mol. The van der Waals surface area contributed by atoms with Crippen molar-refractivity contribution in [3.63, 3.8) is 0 Å². The zero-order chi connectivity index (χ0) is 13.6. The molecule has 0 atom stereocenters. The second-order valence-electron chi connectivity index (χ2n) is 3.78. The zero-order valence-corrected chi connectivity index (χ0v) is 11.3. The van der Waals surface area contributed by atoms with Crippen LogP contribution in [0.1, 0.15) is 33.1 Å². The Kier molecular flexibility index (Phi) is 10.9. The maximum Gasteiger partial charge on any atom is 0.263 e. The number of nitrogens with one attached hydrogen (secondary N) is 2. The Labute approximate surface area is 109 Å². The van der Waals surface area contributed by atoms with E-state index < -0.39 is 0 Å². The van der Waals surface area contributed by atoms with Crippen LogP contribution in [0.4, 0.5) is 0 Å². The lowest BCUT2D eigenvalue weighted by atomic mass is 10.3. The van der Waals surface area contributed by atoms with E-state index in [0.717, 1.165) is 25.8 Å². The van der Waals surface area contributed by atoms with Crippen LogP contribution in [-0.2, 0) is 9.53 Å². The maximum atomic E-state index is 11.6. The Morgan fingerprint density at radius 2 is 2.11 bits per heavy atom. The van der Waals surface area contributed by atoms with Crippen LogP contribution in [0.2, 0.25) is 0 Å². The van der Waals surface area contributed by atoms with Gasteiger partial charge in [-0.1, -0.05) is 13.3 Å². The minimum absolute atomic E-state index is 0.113. The largest absolute Gasteiger partial charge is 0.390 e. The lowest BCUT2D eigenvalue weighted by molar-refractivity contribution is -0.117. The van der Waals surface area contributed by atoms with Gasteiger partial charge in [0, 0.05) is 32.5 Å². The van der Waals surface area contributed by atoms with Crippen LogP contribution in [0.15, 0.2) is 11.8 Å². The average molecular weight is 253 g/mol. The summed E-state index contributed by atoms with van der Waals surface area (Å²) in [7, 11) is 0. The highest BCUT2D eigenvalue weighted by molar-refractivity contribution is 5.97. The molecule has 0 saturated heterocycles. The Bertz CT molecular complexity index is 295. The molecular weight excluding hydrogens is 230 g/mol. The van der Waals surface area contributed by atoms with E-state index in [4.69, 9.17) is 10.00 Å². The third-order valence-corrected chi connectivity index (χ3v) is 2.24. The van der Waals surface area contributed by atoms with E-state index in [-0.39, 0.29) is 11.5 Å². The summed E-state index contributed by atoms with van der Waals surface area (Å²) in [5.74, 6) is -0.335. The highest BCUT2D eigenvalue weighted by Gasteiger charge is 2.07. The van der Waals surface area contributed by atoms with Crippen molar-refractivity contribution in [1.29, 1.82) is 5.26 Å². The van der Waals surface area contributed by atoms with Crippen LogP contribution in [0.25, 0.3) is 0 Å². The predicted octanol–water partition coefficient (Wildman–Crippen LogP) is 1.33. The first-order valence-corrected chi connectivity index (χ1v) is 6.45. The molecule has 0 spiro atoms. The molecule has 0 aliphatic rings. The van der Waals surface area contributed by atoms with Crippen molar-refractivity contribution < 1.29 is 9.53 Å². The molecule has 2 N–H and O–H groups in total. The summed E-state index contributed by atoms with van der Waals surface area (Å²) in [4.78, 5) is 11.6. The summed E-state index contributed by atoms with van der Waals surface area (Å²) in [6.07, 6.45) is 4.33. The first-order chi connectivity index (χ1) is 8.76. The van der Waals surface area contributed by atoms with E-state index in [9.17, 15) is 4.79 Å². The number of unbranched alkanes of at least 4 members (excludes halogenated alkanes) is 1. The molecule has 0 saturated carbocycles. The number of nitrogens with zero attached hydrogens (tertiary/aromatic N) is 1. The summed E-state index contributed by atoms with van der Waals surface area (Å²) in [6, 6.07) is 1.89. The molecule has 0 radical (unpaired) electrons. The van der Waals surface area contributed by atoms with E-state index in [1.54, 1.807) is 0 Å². The smallest absolute Gasteiger partial charge is 0.263 e. The number of nitriles is 1. The summed E-state index contributed by atoms with van der Waals surface area (Å²) >= 11 is 0. The fraction of sp³-hybridized carbons (Fsp3) is 0.692. The van der Waals surface area contributed by atoms with Crippen molar-refractivity contribution in [2.45, 2.75) is 33.1 Å². The third-order valence-electron chi connectivity index (χ3n) is 2.24. The predicted molar refractivity (Wildman–Crippen MR) is 70.7 cm³/mol. The number of hydrogen-bond donors (Lipinski definition) is 2. The van der Waals surface area contributed by atoms with Gasteiger partial charge in [-0.3, -0.25) is 4.79 Å². The average Bonchev–Trinajstić information content (AvgIpc) is 2.38. The van der Waals surface area contributed by atoms with Gasteiger partial charge in [0.25, 0.3) is 5.91 Å². The van der Waals surface area contributed by atoms with Crippen molar-refractivity contribution in [3.05, 3.63) is 11.8 Å². The van der Waals surface area contributed by atoms with Crippen LogP contribution in [0.3, 0.4) is 0 Å². The molecule has 102 valence electrons. The summed E-state index contributed by atoms with van der Waals surface area (Å²) in [6.45, 7) is 6.61. The molecular formula is C13H23N3O2. The lowest BCUT2D eigenvalue weighted by Gasteiger charge is -2.05. The first kappa shape index (κ1) is 16.5. The van der Waals surface area contributed by atoms with Crippen LogP contribution >= 0.6 is 0 Å². The van der Waals surface area contributed by atoms with Gasteiger partial charge in [-0.05, 0) is 19.8 Å². The first-order valence-electron chi connectivity index (χ1n) is 6.45. The van der Waals surface area contributed by atoms with Crippen molar-refractivity contribution in [1.82, 2.24) is 10.6 Å². The van der Waals surface area contributed by atoms with Gasteiger partial charge in [0.2, 0.25) is 0 Å². The van der Waals surface area contributed by atoms with Gasteiger partial charge in [0.15, 0.2) is 0 Å². The molecule has 1 amide bonds. The molecule has 0 heterocycles. The molecule has 0 aromatic carbocycles. The molecule has 0 fully saturated rings. The number of amides is 1. The third kappa shape index (κ3) is 8.59. The highest BCUT2D eigenvalue weighted by Crippen LogP contribution is 1.92. The van der Waals surface area contributed by atoms with E-state index in [1.807, 2.05) is 13.0 Å². The van der Waals surface area contributed by atoms with E-state index in [0.29, 0.717) is 19.8 Å². The second-order valence-corrected chi connectivity index (χ2v) is 3.78. The van der Waals surface area contributed by atoms with Gasteiger partial charge in [-0.2, -0.15) is 5.26 Å². The topological polar surface area (TPSA) is 74.2 Å². The van der Waals surface area contributed by atoms with Gasteiger partial charge >= 0.3 is 0 Å².